The second-order valence-corrected chi connectivity index (χ2v) is 9.25. The fraction of sp³-hybridized carbons (Fsp3) is 0.538. The van der Waals surface area contributed by atoms with Crippen LogP contribution in [-0.4, -0.2) is 52.3 Å². The van der Waals surface area contributed by atoms with E-state index < -0.39 is 19.9 Å². The number of nitrogens with one attached hydrogen (secondary N) is 1. The molecular weight excluding hydrogens is 312 g/mol. The van der Waals surface area contributed by atoms with E-state index in [1.54, 1.807) is 24.3 Å². The van der Waals surface area contributed by atoms with Crippen molar-refractivity contribution in [2.45, 2.75) is 18.2 Å². The summed E-state index contributed by atoms with van der Waals surface area (Å²) in [5.41, 5.74) is 0.872. The summed E-state index contributed by atoms with van der Waals surface area (Å²) in [4.78, 5) is 0.198. The van der Waals surface area contributed by atoms with Gasteiger partial charge in [0.2, 0.25) is 10.0 Å². The van der Waals surface area contributed by atoms with Crippen molar-refractivity contribution in [1.29, 1.82) is 0 Å². The number of benzene rings is 1. The molecule has 1 N–H and O–H groups in total. The average molecular weight is 332 g/mol. The van der Waals surface area contributed by atoms with Crippen LogP contribution in [-0.2, 0) is 19.9 Å². The largest absolute Gasteiger partial charge is 0.385 e. The van der Waals surface area contributed by atoms with Gasteiger partial charge in [0.25, 0.3) is 0 Å². The fourth-order valence-electron chi connectivity index (χ4n) is 2.10. The maximum Gasteiger partial charge on any atom is 0.243 e. The zero-order valence-corrected chi connectivity index (χ0v) is 13.6. The molecule has 1 aliphatic rings. The van der Waals surface area contributed by atoms with Gasteiger partial charge in [-0.25, -0.2) is 16.8 Å². The van der Waals surface area contributed by atoms with E-state index in [1.165, 1.54) is 4.31 Å². The second-order valence-electron chi connectivity index (χ2n) is 5.01. The van der Waals surface area contributed by atoms with E-state index in [0.29, 0.717) is 0 Å². The summed E-state index contributed by atoms with van der Waals surface area (Å²) in [6, 6.07) is 6.55. The molecule has 21 heavy (non-hydrogen) atoms. The number of sulfone groups is 1. The van der Waals surface area contributed by atoms with Crippen LogP contribution in [0.2, 0.25) is 0 Å². The minimum atomic E-state index is -3.61. The molecule has 1 aliphatic heterocycles. The highest BCUT2D eigenvalue weighted by Gasteiger charge is 2.30. The van der Waals surface area contributed by atoms with Crippen molar-refractivity contribution < 1.29 is 16.8 Å². The lowest BCUT2D eigenvalue weighted by molar-refractivity contribution is 0.431. The zero-order valence-electron chi connectivity index (χ0n) is 11.9. The monoisotopic (exact) mass is 332 g/mol. The van der Waals surface area contributed by atoms with Gasteiger partial charge in [0.1, 0.15) is 0 Å². The highest BCUT2D eigenvalue weighted by atomic mass is 32.2. The van der Waals surface area contributed by atoms with Crippen molar-refractivity contribution in [2.24, 2.45) is 0 Å². The first kappa shape index (κ1) is 16.3. The molecule has 0 aliphatic carbocycles. The molecule has 6 nitrogen and oxygen atoms in total. The lowest BCUT2D eigenvalue weighted by Crippen LogP contribution is -2.43. The van der Waals surface area contributed by atoms with Crippen LogP contribution in [0, 0.1) is 0 Å². The summed E-state index contributed by atoms with van der Waals surface area (Å²) >= 11 is 0. The molecule has 1 heterocycles. The minimum absolute atomic E-state index is 0.0283. The van der Waals surface area contributed by atoms with E-state index >= 15 is 0 Å². The van der Waals surface area contributed by atoms with E-state index in [4.69, 9.17) is 0 Å². The Morgan fingerprint density at radius 3 is 2.24 bits per heavy atom. The Morgan fingerprint density at radius 1 is 1.14 bits per heavy atom. The molecule has 0 saturated carbocycles. The Bertz CT molecular complexity index is 667. The normalized spacial score (nSPS) is 19.3. The molecule has 0 aromatic heterocycles. The number of sulfonamides is 1. The van der Waals surface area contributed by atoms with Crippen LogP contribution in [0.1, 0.15) is 13.3 Å². The maximum atomic E-state index is 12.4. The SMILES string of the molecule is CCCNc1ccc(S(=O)(=O)N2CCS(=O)(=O)CC2)cc1. The predicted molar refractivity (Wildman–Crippen MR) is 82.6 cm³/mol. The Hall–Kier alpha value is -1.12. The highest BCUT2D eigenvalue weighted by molar-refractivity contribution is 7.92. The molecule has 0 spiro atoms. The molecule has 0 bridgehead atoms. The fourth-order valence-corrected chi connectivity index (χ4v) is 4.97. The van der Waals surface area contributed by atoms with Crippen LogP contribution in [0.3, 0.4) is 0 Å². The third-order valence-corrected chi connectivity index (χ3v) is 6.90. The summed E-state index contributed by atoms with van der Waals surface area (Å²) in [6.07, 6.45) is 0.988. The first-order valence-electron chi connectivity index (χ1n) is 6.90. The van der Waals surface area contributed by atoms with Crippen molar-refractivity contribution in [3.63, 3.8) is 0 Å². The van der Waals surface area contributed by atoms with Crippen molar-refractivity contribution in [1.82, 2.24) is 4.31 Å². The van der Waals surface area contributed by atoms with Gasteiger partial charge < -0.3 is 5.32 Å². The van der Waals surface area contributed by atoms with Gasteiger partial charge in [0.05, 0.1) is 16.4 Å². The van der Waals surface area contributed by atoms with Crippen molar-refractivity contribution in [3.8, 4) is 0 Å². The van der Waals surface area contributed by atoms with Gasteiger partial charge in [-0.05, 0) is 30.7 Å². The van der Waals surface area contributed by atoms with Gasteiger partial charge in [-0.2, -0.15) is 4.31 Å². The first-order valence-corrected chi connectivity index (χ1v) is 10.2. The summed E-state index contributed by atoms with van der Waals surface area (Å²) < 4.78 is 48.9. The number of rotatable bonds is 5. The highest BCUT2D eigenvalue weighted by Crippen LogP contribution is 2.20. The van der Waals surface area contributed by atoms with Crippen LogP contribution in [0.5, 0.6) is 0 Å². The van der Waals surface area contributed by atoms with Gasteiger partial charge in [-0.1, -0.05) is 6.92 Å². The van der Waals surface area contributed by atoms with Gasteiger partial charge in [-0.15, -0.1) is 0 Å². The van der Waals surface area contributed by atoms with Gasteiger partial charge in [0, 0.05) is 25.3 Å². The summed E-state index contributed by atoms with van der Waals surface area (Å²) in [5, 5.41) is 3.18. The predicted octanol–water partition coefficient (Wildman–Crippen LogP) is 0.928. The molecule has 1 aromatic rings. The van der Waals surface area contributed by atoms with Crippen LogP contribution >= 0.6 is 0 Å². The lowest BCUT2D eigenvalue weighted by Gasteiger charge is -2.26. The van der Waals surface area contributed by atoms with Crippen LogP contribution in [0.25, 0.3) is 0 Å². The molecule has 0 unspecified atom stereocenters. The smallest absolute Gasteiger partial charge is 0.243 e. The van der Waals surface area contributed by atoms with E-state index in [0.717, 1.165) is 18.7 Å². The standard InChI is InChI=1S/C13H20N2O4S2/c1-2-7-14-12-3-5-13(6-4-12)21(18,19)15-8-10-20(16,17)11-9-15/h3-6,14H,2,7-11H2,1H3. The number of nitrogens with zero attached hydrogens (tertiary/aromatic N) is 1. The average Bonchev–Trinajstić information content (AvgIpc) is 2.45. The second kappa shape index (κ2) is 6.33. The number of hydrogen-bond acceptors (Lipinski definition) is 5. The molecule has 0 radical (unpaired) electrons. The Balaban J connectivity index is 2.12. The number of hydrogen-bond donors (Lipinski definition) is 1. The molecule has 118 valence electrons. The van der Waals surface area contributed by atoms with Crippen LogP contribution < -0.4 is 5.32 Å². The van der Waals surface area contributed by atoms with Crippen LogP contribution in [0.4, 0.5) is 5.69 Å². The van der Waals surface area contributed by atoms with Crippen molar-refractivity contribution in [3.05, 3.63) is 24.3 Å². The molecule has 1 aromatic carbocycles. The number of anilines is 1. The van der Waals surface area contributed by atoms with Gasteiger partial charge in [0.15, 0.2) is 9.84 Å². The first-order chi connectivity index (χ1) is 9.85. The molecular formula is C13H20N2O4S2. The third-order valence-electron chi connectivity index (χ3n) is 3.37. The summed E-state index contributed by atoms with van der Waals surface area (Å²) in [6.45, 7) is 2.94. The molecule has 0 atom stereocenters. The third kappa shape index (κ3) is 3.96. The quantitative estimate of drug-likeness (QED) is 0.867. The molecule has 1 fully saturated rings. The van der Waals surface area contributed by atoms with Crippen molar-refractivity contribution >= 4 is 25.5 Å². The van der Waals surface area contributed by atoms with E-state index in [9.17, 15) is 16.8 Å². The maximum absolute atomic E-state index is 12.4. The van der Waals surface area contributed by atoms with Crippen LogP contribution in [0.15, 0.2) is 29.2 Å². The van der Waals surface area contributed by atoms with Gasteiger partial charge >= 0.3 is 0 Å². The molecule has 0 amide bonds. The van der Waals surface area contributed by atoms with E-state index in [-0.39, 0.29) is 29.5 Å². The van der Waals surface area contributed by atoms with E-state index in [1.807, 2.05) is 0 Å². The zero-order chi connectivity index (χ0) is 15.5. The molecule has 1 saturated heterocycles. The lowest BCUT2D eigenvalue weighted by atomic mass is 10.3. The summed E-state index contributed by atoms with van der Waals surface area (Å²) in [7, 11) is -6.70. The van der Waals surface area contributed by atoms with E-state index in [2.05, 4.69) is 12.2 Å². The topological polar surface area (TPSA) is 83.6 Å². The van der Waals surface area contributed by atoms with Crippen molar-refractivity contribution in [2.75, 3.05) is 36.5 Å². The van der Waals surface area contributed by atoms with Gasteiger partial charge in [-0.3, -0.25) is 0 Å². The molecule has 8 heteroatoms. The Morgan fingerprint density at radius 2 is 1.71 bits per heavy atom. The summed E-state index contributed by atoms with van der Waals surface area (Å²) in [5.74, 6) is -0.218. The minimum Gasteiger partial charge on any atom is -0.385 e. The Kier molecular flexibility index (Phi) is 4.90. The molecule has 2 rings (SSSR count). The Labute approximate surface area is 126 Å².